The molecule has 0 saturated carbocycles. The maximum atomic E-state index is 8.53. The van der Waals surface area contributed by atoms with E-state index >= 15 is 0 Å². The van der Waals surface area contributed by atoms with Crippen molar-refractivity contribution in [2.45, 2.75) is 25.8 Å². The maximum absolute atomic E-state index is 8.53. The highest BCUT2D eigenvalue weighted by Gasteiger charge is 2.08. The molecule has 1 unspecified atom stereocenters. The standard InChI is InChI=1S/C11H14N2/c1-2-9-5-3-4-6-10(9)11(13)7-8-12/h3-6,11H,2,7,13H2,1H3. The van der Waals surface area contributed by atoms with Gasteiger partial charge in [0.25, 0.3) is 0 Å². The Kier molecular flexibility index (Phi) is 3.48. The van der Waals surface area contributed by atoms with Crippen LogP contribution in [-0.2, 0) is 6.42 Å². The van der Waals surface area contributed by atoms with Gasteiger partial charge in [0.15, 0.2) is 0 Å². The summed E-state index contributed by atoms with van der Waals surface area (Å²) >= 11 is 0. The monoisotopic (exact) mass is 174 g/mol. The van der Waals surface area contributed by atoms with Crippen molar-refractivity contribution in [2.24, 2.45) is 5.73 Å². The van der Waals surface area contributed by atoms with Gasteiger partial charge < -0.3 is 5.73 Å². The number of aryl methyl sites for hydroxylation is 1. The minimum Gasteiger partial charge on any atom is -0.323 e. The third-order valence-corrected chi connectivity index (χ3v) is 2.15. The van der Waals surface area contributed by atoms with Gasteiger partial charge >= 0.3 is 0 Å². The van der Waals surface area contributed by atoms with Crippen molar-refractivity contribution in [3.05, 3.63) is 35.4 Å². The van der Waals surface area contributed by atoms with Crippen molar-refractivity contribution in [2.75, 3.05) is 0 Å². The molecule has 1 aromatic carbocycles. The van der Waals surface area contributed by atoms with E-state index < -0.39 is 0 Å². The topological polar surface area (TPSA) is 49.8 Å². The molecule has 0 heterocycles. The number of nitriles is 1. The molecule has 0 fully saturated rings. The number of hydrogen-bond donors (Lipinski definition) is 1. The summed E-state index contributed by atoms with van der Waals surface area (Å²) in [6.45, 7) is 2.10. The van der Waals surface area contributed by atoms with Gasteiger partial charge in [0.1, 0.15) is 0 Å². The van der Waals surface area contributed by atoms with E-state index in [1.165, 1.54) is 5.56 Å². The van der Waals surface area contributed by atoms with E-state index in [0.29, 0.717) is 6.42 Å². The second-order valence-electron chi connectivity index (χ2n) is 3.02. The van der Waals surface area contributed by atoms with Crippen LogP contribution < -0.4 is 5.73 Å². The van der Waals surface area contributed by atoms with Crippen LogP contribution in [0.2, 0.25) is 0 Å². The smallest absolute Gasteiger partial charge is 0.0641 e. The molecule has 0 aliphatic carbocycles. The number of benzene rings is 1. The first kappa shape index (κ1) is 9.76. The number of nitrogens with zero attached hydrogens (tertiary/aromatic N) is 1. The third kappa shape index (κ3) is 2.30. The number of rotatable bonds is 3. The summed E-state index contributed by atoms with van der Waals surface area (Å²) in [5.41, 5.74) is 8.20. The third-order valence-electron chi connectivity index (χ3n) is 2.15. The number of hydrogen-bond acceptors (Lipinski definition) is 2. The van der Waals surface area contributed by atoms with Crippen LogP contribution in [0.1, 0.15) is 30.5 Å². The van der Waals surface area contributed by atoms with Gasteiger partial charge in [0.05, 0.1) is 12.5 Å². The summed E-state index contributed by atoms with van der Waals surface area (Å²) < 4.78 is 0. The lowest BCUT2D eigenvalue weighted by atomic mass is 9.98. The molecule has 0 saturated heterocycles. The van der Waals surface area contributed by atoms with Crippen LogP contribution in [0.25, 0.3) is 0 Å². The molecular formula is C11H14N2. The average Bonchev–Trinajstić information content (AvgIpc) is 2.18. The van der Waals surface area contributed by atoms with E-state index in [0.717, 1.165) is 12.0 Å². The van der Waals surface area contributed by atoms with Crippen LogP contribution in [0.4, 0.5) is 0 Å². The van der Waals surface area contributed by atoms with Gasteiger partial charge in [-0.2, -0.15) is 5.26 Å². The minimum absolute atomic E-state index is 0.138. The Morgan fingerprint density at radius 2 is 2.15 bits per heavy atom. The molecule has 2 N–H and O–H groups in total. The van der Waals surface area contributed by atoms with Gasteiger partial charge in [-0.1, -0.05) is 31.2 Å². The molecule has 13 heavy (non-hydrogen) atoms. The maximum Gasteiger partial charge on any atom is 0.0641 e. The molecule has 0 amide bonds. The van der Waals surface area contributed by atoms with E-state index in [1.54, 1.807) is 0 Å². The summed E-state index contributed by atoms with van der Waals surface area (Å²) in [4.78, 5) is 0. The van der Waals surface area contributed by atoms with Crippen LogP contribution >= 0.6 is 0 Å². The molecule has 1 rings (SSSR count). The highest BCUT2D eigenvalue weighted by Crippen LogP contribution is 2.18. The Labute approximate surface area is 79.0 Å². The van der Waals surface area contributed by atoms with Gasteiger partial charge in [-0.15, -0.1) is 0 Å². The first-order chi connectivity index (χ1) is 6.29. The zero-order valence-corrected chi connectivity index (χ0v) is 7.83. The SMILES string of the molecule is CCc1ccccc1C(N)CC#N. The zero-order valence-electron chi connectivity index (χ0n) is 7.83. The highest BCUT2D eigenvalue weighted by molar-refractivity contribution is 5.30. The van der Waals surface area contributed by atoms with E-state index in [2.05, 4.69) is 19.1 Å². The van der Waals surface area contributed by atoms with Crippen molar-refractivity contribution >= 4 is 0 Å². The summed E-state index contributed by atoms with van der Waals surface area (Å²) in [6, 6.07) is 9.98. The molecule has 0 aliphatic rings. The zero-order chi connectivity index (χ0) is 9.68. The van der Waals surface area contributed by atoms with E-state index in [1.807, 2.05) is 18.2 Å². The molecule has 0 aliphatic heterocycles. The van der Waals surface area contributed by atoms with Crippen LogP contribution in [0.15, 0.2) is 24.3 Å². The molecule has 0 radical (unpaired) electrons. The lowest BCUT2D eigenvalue weighted by Crippen LogP contribution is -2.11. The summed E-state index contributed by atoms with van der Waals surface area (Å²) in [7, 11) is 0. The fourth-order valence-corrected chi connectivity index (χ4v) is 1.43. The minimum atomic E-state index is -0.138. The molecule has 0 spiro atoms. The summed E-state index contributed by atoms with van der Waals surface area (Å²) in [5, 5.41) is 8.53. The van der Waals surface area contributed by atoms with E-state index in [4.69, 9.17) is 11.0 Å². The van der Waals surface area contributed by atoms with Gasteiger partial charge in [-0.05, 0) is 17.5 Å². The van der Waals surface area contributed by atoms with Gasteiger partial charge in [0.2, 0.25) is 0 Å². The molecule has 0 aromatic heterocycles. The van der Waals surface area contributed by atoms with Crippen LogP contribution in [0, 0.1) is 11.3 Å². The second kappa shape index (κ2) is 4.64. The fraction of sp³-hybridized carbons (Fsp3) is 0.364. The number of nitrogens with two attached hydrogens (primary N) is 1. The normalized spacial score (nSPS) is 12.1. The van der Waals surface area contributed by atoms with Crippen molar-refractivity contribution in [1.82, 2.24) is 0 Å². The van der Waals surface area contributed by atoms with E-state index in [-0.39, 0.29) is 6.04 Å². The molecule has 2 nitrogen and oxygen atoms in total. The average molecular weight is 174 g/mol. The van der Waals surface area contributed by atoms with Crippen LogP contribution in [-0.4, -0.2) is 0 Å². The van der Waals surface area contributed by atoms with Crippen LogP contribution in [0.5, 0.6) is 0 Å². The molecule has 1 aromatic rings. The second-order valence-corrected chi connectivity index (χ2v) is 3.02. The van der Waals surface area contributed by atoms with Crippen molar-refractivity contribution in [3.63, 3.8) is 0 Å². The Bertz CT molecular complexity index is 312. The van der Waals surface area contributed by atoms with Gasteiger partial charge in [-0.3, -0.25) is 0 Å². The van der Waals surface area contributed by atoms with E-state index in [9.17, 15) is 0 Å². The van der Waals surface area contributed by atoms with Crippen molar-refractivity contribution < 1.29 is 0 Å². The van der Waals surface area contributed by atoms with Crippen LogP contribution in [0.3, 0.4) is 0 Å². The first-order valence-electron chi connectivity index (χ1n) is 4.50. The molecule has 68 valence electrons. The Morgan fingerprint density at radius 1 is 1.46 bits per heavy atom. The molecule has 0 bridgehead atoms. The molecule has 2 heteroatoms. The predicted octanol–water partition coefficient (Wildman–Crippen LogP) is 2.16. The summed E-state index contributed by atoms with van der Waals surface area (Å²) in [6.07, 6.45) is 1.35. The quantitative estimate of drug-likeness (QED) is 0.763. The van der Waals surface area contributed by atoms with Gasteiger partial charge in [-0.25, -0.2) is 0 Å². The predicted molar refractivity (Wildman–Crippen MR) is 53.0 cm³/mol. The largest absolute Gasteiger partial charge is 0.323 e. The summed E-state index contributed by atoms with van der Waals surface area (Å²) in [5.74, 6) is 0. The Balaban J connectivity index is 2.93. The first-order valence-corrected chi connectivity index (χ1v) is 4.50. The highest BCUT2D eigenvalue weighted by atomic mass is 14.6. The Hall–Kier alpha value is -1.33. The Morgan fingerprint density at radius 3 is 2.77 bits per heavy atom. The lowest BCUT2D eigenvalue weighted by molar-refractivity contribution is 0.737. The van der Waals surface area contributed by atoms with Crippen molar-refractivity contribution in [3.8, 4) is 6.07 Å². The molecular weight excluding hydrogens is 160 g/mol. The van der Waals surface area contributed by atoms with Crippen molar-refractivity contribution in [1.29, 1.82) is 5.26 Å². The lowest BCUT2D eigenvalue weighted by Gasteiger charge is -2.12. The fourth-order valence-electron chi connectivity index (χ4n) is 1.43. The molecule has 1 atom stereocenters. The van der Waals surface area contributed by atoms with Gasteiger partial charge in [0, 0.05) is 6.04 Å².